The third kappa shape index (κ3) is 3.85. The summed E-state index contributed by atoms with van der Waals surface area (Å²) in [6, 6.07) is 47.5. The Balaban J connectivity index is 1.36. The highest BCUT2D eigenvalue weighted by Gasteiger charge is 2.50. The molecule has 1 atom stereocenters. The number of benzene rings is 6. The topological polar surface area (TPSA) is 33.9 Å². The molecule has 1 spiro atoms. The van der Waals surface area contributed by atoms with Gasteiger partial charge in [0.15, 0.2) is 0 Å². The summed E-state index contributed by atoms with van der Waals surface area (Å²) in [6.45, 7) is 4.65. The Morgan fingerprint density at radius 1 is 0.680 bits per heavy atom. The van der Waals surface area contributed by atoms with Crippen LogP contribution in [0.5, 0.6) is 0 Å². The van der Waals surface area contributed by atoms with Gasteiger partial charge in [0.1, 0.15) is 0 Å². The van der Waals surface area contributed by atoms with E-state index < -0.39 is 5.41 Å². The zero-order valence-corrected chi connectivity index (χ0v) is 28.5. The van der Waals surface area contributed by atoms with Gasteiger partial charge in [-0.2, -0.15) is 0 Å². The number of nitrogens with zero attached hydrogens (tertiary/aromatic N) is 2. The second kappa shape index (κ2) is 11.2. The van der Waals surface area contributed by atoms with Gasteiger partial charge in [0.05, 0.1) is 33.2 Å². The summed E-state index contributed by atoms with van der Waals surface area (Å²) in [5.74, 6) is 0. The summed E-state index contributed by atoms with van der Waals surface area (Å²) in [5, 5.41) is 5.08. The average molecular weight is 663 g/mol. The number of fused-ring (bicyclic) bond motifs is 15. The van der Waals surface area contributed by atoms with Crippen molar-refractivity contribution in [1.82, 2.24) is 20.0 Å². The Hall–Kier alpha value is -5.59. The number of nitrogens with one attached hydrogen (secondary N) is 2. The van der Waals surface area contributed by atoms with Crippen molar-refractivity contribution in [2.24, 2.45) is 0 Å². The molecule has 0 fully saturated rings. The minimum atomic E-state index is -0.526. The highest BCUT2D eigenvalue weighted by atomic mass is 32.2. The van der Waals surface area contributed by atoms with E-state index in [2.05, 4.69) is 172 Å². The SMILES string of the molecule is C=C/C=C(\C=C/n1c2ccccc2c2ccc3c(c21)Sc1ccccc1C31c2ccccc2-n2c3ccccc3c3cccc1c32)CNNC. The van der Waals surface area contributed by atoms with Crippen molar-refractivity contribution in [3.63, 3.8) is 0 Å². The summed E-state index contributed by atoms with van der Waals surface area (Å²) in [5.41, 5.74) is 18.4. The quantitative estimate of drug-likeness (QED) is 0.137. The molecule has 4 nitrogen and oxygen atoms in total. The molecule has 4 heterocycles. The molecule has 0 radical (unpaired) electrons. The van der Waals surface area contributed by atoms with Crippen molar-refractivity contribution in [2.45, 2.75) is 15.2 Å². The van der Waals surface area contributed by atoms with Crippen LogP contribution in [0.15, 0.2) is 168 Å². The fraction of sp³-hybridized carbons (Fsp3) is 0.0667. The zero-order valence-electron chi connectivity index (χ0n) is 27.7. The summed E-state index contributed by atoms with van der Waals surface area (Å²) in [7, 11) is 1.89. The van der Waals surface area contributed by atoms with Crippen LogP contribution in [0, 0.1) is 0 Å². The first kappa shape index (κ1) is 29.3. The lowest BCUT2D eigenvalue weighted by Gasteiger charge is -2.45. The van der Waals surface area contributed by atoms with E-state index in [1.807, 2.05) is 24.9 Å². The molecule has 240 valence electrons. The Kier molecular flexibility index (Phi) is 6.58. The maximum atomic E-state index is 3.97. The highest BCUT2D eigenvalue weighted by Crippen LogP contribution is 2.61. The minimum Gasteiger partial charge on any atom is -0.315 e. The molecule has 0 aliphatic carbocycles. The van der Waals surface area contributed by atoms with Crippen LogP contribution >= 0.6 is 11.8 Å². The molecule has 2 aliphatic heterocycles. The normalized spacial score (nSPS) is 16.5. The number of allylic oxidation sites excluding steroid dienone is 2. The van der Waals surface area contributed by atoms with Gasteiger partial charge >= 0.3 is 0 Å². The first-order chi connectivity index (χ1) is 24.8. The number of hydrazine groups is 1. The van der Waals surface area contributed by atoms with E-state index in [9.17, 15) is 0 Å². The molecule has 2 aromatic heterocycles. The fourth-order valence-electron chi connectivity index (χ4n) is 8.70. The molecule has 1 unspecified atom stereocenters. The summed E-state index contributed by atoms with van der Waals surface area (Å²) in [6.07, 6.45) is 8.34. The van der Waals surface area contributed by atoms with Gasteiger partial charge in [-0.05, 0) is 65.2 Å². The molecular weight excluding hydrogens is 629 g/mol. The van der Waals surface area contributed by atoms with Gasteiger partial charge < -0.3 is 9.13 Å². The predicted molar refractivity (Wildman–Crippen MR) is 210 cm³/mol. The lowest BCUT2D eigenvalue weighted by atomic mass is 9.62. The molecule has 8 aromatic rings. The first-order valence-electron chi connectivity index (χ1n) is 17.1. The van der Waals surface area contributed by atoms with Gasteiger partial charge in [-0.3, -0.25) is 10.9 Å². The molecule has 50 heavy (non-hydrogen) atoms. The van der Waals surface area contributed by atoms with E-state index in [1.165, 1.54) is 81.3 Å². The number of rotatable bonds is 6. The van der Waals surface area contributed by atoms with Crippen LogP contribution in [-0.2, 0) is 5.41 Å². The molecule has 10 rings (SSSR count). The van der Waals surface area contributed by atoms with E-state index in [0.29, 0.717) is 6.54 Å². The fourth-order valence-corrected chi connectivity index (χ4v) is 10.0. The van der Waals surface area contributed by atoms with Gasteiger partial charge in [-0.1, -0.05) is 134 Å². The lowest BCUT2D eigenvalue weighted by molar-refractivity contribution is 0.638. The maximum Gasteiger partial charge on any atom is 0.0765 e. The van der Waals surface area contributed by atoms with Gasteiger partial charge in [-0.25, -0.2) is 0 Å². The third-order valence-electron chi connectivity index (χ3n) is 10.6. The monoisotopic (exact) mass is 662 g/mol. The van der Waals surface area contributed by atoms with E-state index in [4.69, 9.17) is 0 Å². The predicted octanol–water partition coefficient (Wildman–Crippen LogP) is 10.4. The first-order valence-corrected chi connectivity index (χ1v) is 17.9. The molecule has 0 bridgehead atoms. The second-order valence-electron chi connectivity index (χ2n) is 13.0. The van der Waals surface area contributed by atoms with Crippen molar-refractivity contribution < 1.29 is 0 Å². The molecule has 2 N–H and O–H groups in total. The van der Waals surface area contributed by atoms with Crippen molar-refractivity contribution in [3.05, 3.63) is 180 Å². The van der Waals surface area contributed by atoms with Crippen LogP contribution in [0.4, 0.5) is 0 Å². The Labute approximate surface area is 295 Å². The molecule has 0 amide bonds. The number of aromatic nitrogens is 2. The summed E-state index contributed by atoms with van der Waals surface area (Å²) >= 11 is 1.90. The molecule has 6 aromatic carbocycles. The van der Waals surface area contributed by atoms with E-state index in [1.54, 1.807) is 0 Å². The zero-order chi connectivity index (χ0) is 33.4. The Morgan fingerprint density at radius 3 is 2.20 bits per heavy atom. The van der Waals surface area contributed by atoms with Crippen molar-refractivity contribution in [1.29, 1.82) is 0 Å². The average Bonchev–Trinajstić information content (AvgIpc) is 3.68. The van der Waals surface area contributed by atoms with Crippen molar-refractivity contribution in [3.8, 4) is 5.69 Å². The second-order valence-corrected chi connectivity index (χ2v) is 14.1. The van der Waals surface area contributed by atoms with Crippen LogP contribution in [0.2, 0.25) is 0 Å². The van der Waals surface area contributed by atoms with E-state index in [-0.39, 0.29) is 0 Å². The molecular formula is C45H34N4S. The number of hydrogen-bond acceptors (Lipinski definition) is 3. The largest absolute Gasteiger partial charge is 0.315 e. The van der Waals surface area contributed by atoms with Crippen LogP contribution in [0.1, 0.15) is 22.3 Å². The molecule has 5 heteroatoms. The lowest BCUT2D eigenvalue weighted by Crippen LogP contribution is -2.37. The van der Waals surface area contributed by atoms with Gasteiger partial charge in [-0.15, -0.1) is 0 Å². The van der Waals surface area contributed by atoms with Crippen molar-refractivity contribution >= 4 is 61.6 Å². The summed E-state index contributed by atoms with van der Waals surface area (Å²) < 4.78 is 4.91. The minimum absolute atomic E-state index is 0.526. The van der Waals surface area contributed by atoms with Gasteiger partial charge in [0.2, 0.25) is 0 Å². The van der Waals surface area contributed by atoms with Gasteiger partial charge in [0, 0.05) is 44.1 Å². The van der Waals surface area contributed by atoms with Crippen LogP contribution in [-0.4, -0.2) is 22.7 Å². The van der Waals surface area contributed by atoms with Crippen LogP contribution in [0.3, 0.4) is 0 Å². The van der Waals surface area contributed by atoms with Crippen molar-refractivity contribution in [2.75, 3.05) is 13.6 Å². The maximum absolute atomic E-state index is 3.97. The summed E-state index contributed by atoms with van der Waals surface area (Å²) in [4.78, 5) is 2.58. The van der Waals surface area contributed by atoms with Crippen LogP contribution < -0.4 is 10.9 Å². The highest BCUT2D eigenvalue weighted by molar-refractivity contribution is 7.99. The molecule has 0 saturated heterocycles. The standard InChI is InChI=1S/C45H34N4S/c1-3-13-29(28-47-46-2)26-27-48-38-20-8-4-14-30(38)33-24-25-37-44(43(33)48)50-41-23-11-7-18-35(41)45(37)34-17-6-10-22-40(34)49-39-21-9-5-15-31(39)32-16-12-19-36(45)42(32)49/h3-27,46-47H,1,28H2,2H3/b27-26-,29-13+. The Bertz CT molecular complexity index is 2760. The van der Waals surface area contributed by atoms with Crippen LogP contribution in [0.25, 0.3) is 55.5 Å². The van der Waals surface area contributed by atoms with E-state index in [0.717, 1.165) is 5.57 Å². The Morgan fingerprint density at radius 2 is 1.36 bits per heavy atom. The van der Waals surface area contributed by atoms with E-state index >= 15 is 0 Å². The molecule has 0 saturated carbocycles. The molecule has 2 aliphatic rings. The number of para-hydroxylation sites is 4. The third-order valence-corrected chi connectivity index (χ3v) is 11.8. The van der Waals surface area contributed by atoms with Gasteiger partial charge in [0.25, 0.3) is 0 Å². The smallest absolute Gasteiger partial charge is 0.0765 e. The number of hydrogen-bond donors (Lipinski definition) is 2.